The number of rotatable bonds is 0. The van der Waals surface area contributed by atoms with Crippen molar-refractivity contribution in [3.05, 3.63) is 36.5 Å². The third-order valence-corrected chi connectivity index (χ3v) is 2.59. The van der Waals surface area contributed by atoms with Gasteiger partial charge in [0.1, 0.15) is 5.78 Å². The van der Waals surface area contributed by atoms with Crippen molar-refractivity contribution in [2.75, 3.05) is 0 Å². The summed E-state index contributed by atoms with van der Waals surface area (Å²) in [7, 11) is 0. The molecule has 0 N–H and O–H groups in total. The number of ketones is 1. The molecule has 0 aromatic carbocycles. The summed E-state index contributed by atoms with van der Waals surface area (Å²) in [5.74, 6) is 0.395. The van der Waals surface area contributed by atoms with Crippen LogP contribution in [0, 0.1) is 5.41 Å². The molecule has 0 amide bonds. The highest BCUT2D eigenvalue weighted by Gasteiger charge is 2.33. The molecule has 1 saturated carbocycles. The van der Waals surface area contributed by atoms with Crippen molar-refractivity contribution in [1.82, 2.24) is 0 Å². The summed E-state index contributed by atoms with van der Waals surface area (Å²) >= 11 is 0. The van der Waals surface area contributed by atoms with Crippen molar-refractivity contribution in [2.24, 2.45) is 5.41 Å². The first-order valence-electron chi connectivity index (χ1n) is 4.36. The second-order valence-electron chi connectivity index (χ2n) is 3.55. The van der Waals surface area contributed by atoms with E-state index in [1.54, 1.807) is 0 Å². The molecule has 1 nitrogen and oxygen atoms in total. The summed E-state index contributed by atoms with van der Waals surface area (Å²) in [5, 5.41) is 0. The molecule has 0 aliphatic heterocycles. The van der Waals surface area contributed by atoms with Crippen LogP contribution in [0.1, 0.15) is 19.3 Å². The first kappa shape index (κ1) is 7.53. The van der Waals surface area contributed by atoms with E-state index in [0.717, 1.165) is 12.8 Å². The Bertz CT molecular complexity index is 265. The Balaban J connectivity index is 2.27. The third kappa shape index (κ3) is 1.27. The molecule has 0 aromatic heterocycles. The van der Waals surface area contributed by atoms with E-state index in [0.29, 0.717) is 12.2 Å². The van der Waals surface area contributed by atoms with E-state index < -0.39 is 0 Å². The van der Waals surface area contributed by atoms with Crippen LogP contribution in [0.3, 0.4) is 0 Å². The summed E-state index contributed by atoms with van der Waals surface area (Å²) in [6, 6.07) is 0. The molecule has 1 fully saturated rings. The van der Waals surface area contributed by atoms with E-state index in [9.17, 15) is 4.79 Å². The first-order chi connectivity index (χ1) is 5.81. The molecule has 0 unspecified atom stereocenters. The molecule has 12 heavy (non-hydrogen) atoms. The summed E-state index contributed by atoms with van der Waals surface area (Å²) < 4.78 is 0. The largest absolute Gasteiger partial charge is 0.300 e. The minimum absolute atomic E-state index is 0.0561. The van der Waals surface area contributed by atoms with Gasteiger partial charge in [-0.25, -0.2) is 0 Å². The van der Waals surface area contributed by atoms with Gasteiger partial charge in [-0.3, -0.25) is 4.79 Å². The Morgan fingerprint density at radius 2 is 1.75 bits per heavy atom. The Hall–Kier alpha value is -1.11. The van der Waals surface area contributed by atoms with Crippen LogP contribution < -0.4 is 0 Å². The van der Waals surface area contributed by atoms with Gasteiger partial charge in [0.25, 0.3) is 0 Å². The summed E-state index contributed by atoms with van der Waals surface area (Å²) in [6.07, 6.45) is 14.8. The highest BCUT2D eigenvalue weighted by molar-refractivity contribution is 5.82. The molecular formula is C11H12O. The van der Waals surface area contributed by atoms with E-state index in [1.807, 2.05) is 24.3 Å². The maximum atomic E-state index is 11.1. The standard InChI is InChI=1S/C11H12O/c12-10-5-8-11(9-10)6-3-1-2-4-7-11/h1-4,6-7H,5,8-9H2. The van der Waals surface area contributed by atoms with Crippen molar-refractivity contribution in [1.29, 1.82) is 0 Å². The van der Waals surface area contributed by atoms with Gasteiger partial charge < -0.3 is 0 Å². The van der Waals surface area contributed by atoms with Crippen molar-refractivity contribution in [2.45, 2.75) is 19.3 Å². The van der Waals surface area contributed by atoms with E-state index in [2.05, 4.69) is 12.2 Å². The van der Waals surface area contributed by atoms with Crippen LogP contribution in [-0.4, -0.2) is 5.78 Å². The van der Waals surface area contributed by atoms with Crippen LogP contribution in [-0.2, 0) is 4.79 Å². The zero-order chi connectivity index (χ0) is 8.44. The van der Waals surface area contributed by atoms with Gasteiger partial charge in [-0.2, -0.15) is 0 Å². The summed E-state index contributed by atoms with van der Waals surface area (Å²) in [5.41, 5.74) is 0.0561. The van der Waals surface area contributed by atoms with Crippen LogP contribution in [0.4, 0.5) is 0 Å². The molecular weight excluding hydrogens is 148 g/mol. The van der Waals surface area contributed by atoms with Gasteiger partial charge in [0.05, 0.1) is 0 Å². The molecule has 1 heteroatoms. The Kier molecular flexibility index (Phi) is 1.72. The zero-order valence-electron chi connectivity index (χ0n) is 6.99. The molecule has 0 bridgehead atoms. The average Bonchev–Trinajstić information content (AvgIpc) is 2.30. The molecule has 2 rings (SSSR count). The SMILES string of the molecule is O=C1CCC2(C=CC=CC=C2)C1. The Morgan fingerprint density at radius 3 is 2.25 bits per heavy atom. The molecule has 2 aliphatic carbocycles. The highest BCUT2D eigenvalue weighted by atomic mass is 16.1. The van der Waals surface area contributed by atoms with Gasteiger partial charge in [-0.1, -0.05) is 36.5 Å². The van der Waals surface area contributed by atoms with Gasteiger partial charge in [0.15, 0.2) is 0 Å². The molecule has 0 heterocycles. The number of allylic oxidation sites excluding steroid dienone is 6. The van der Waals surface area contributed by atoms with Gasteiger partial charge in [0.2, 0.25) is 0 Å². The lowest BCUT2D eigenvalue weighted by Crippen LogP contribution is -2.09. The van der Waals surface area contributed by atoms with Crippen molar-refractivity contribution >= 4 is 5.78 Å². The molecule has 0 radical (unpaired) electrons. The second-order valence-corrected chi connectivity index (χ2v) is 3.55. The molecule has 0 atom stereocenters. The van der Waals surface area contributed by atoms with Crippen LogP contribution in [0.2, 0.25) is 0 Å². The third-order valence-electron chi connectivity index (χ3n) is 2.59. The molecule has 62 valence electrons. The lowest BCUT2D eigenvalue weighted by atomic mass is 9.86. The predicted octanol–water partition coefficient (Wildman–Crippen LogP) is 2.41. The van der Waals surface area contributed by atoms with Crippen LogP contribution >= 0.6 is 0 Å². The van der Waals surface area contributed by atoms with Crippen molar-refractivity contribution < 1.29 is 4.79 Å². The Morgan fingerprint density at radius 1 is 1.08 bits per heavy atom. The monoisotopic (exact) mass is 160 g/mol. The second kappa shape index (κ2) is 2.74. The lowest BCUT2D eigenvalue weighted by Gasteiger charge is -2.17. The van der Waals surface area contributed by atoms with Crippen molar-refractivity contribution in [3.8, 4) is 0 Å². The van der Waals surface area contributed by atoms with E-state index in [1.165, 1.54) is 0 Å². The summed E-state index contributed by atoms with van der Waals surface area (Å²) in [6.45, 7) is 0. The molecule has 0 saturated heterocycles. The van der Waals surface area contributed by atoms with E-state index in [-0.39, 0.29) is 5.41 Å². The van der Waals surface area contributed by atoms with E-state index in [4.69, 9.17) is 0 Å². The molecule has 2 aliphatic rings. The number of hydrogen-bond donors (Lipinski definition) is 0. The number of carbonyl (C=O) groups is 1. The highest BCUT2D eigenvalue weighted by Crippen LogP contribution is 2.39. The van der Waals surface area contributed by atoms with Crippen LogP contribution in [0.5, 0.6) is 0 Å². The smallest absolute Gasteiger partial charge is 0.134 e. The maximum absolute atomic E-state index is 11.1. The van der Waals surface area contributed by atoms with Gasteiger partial charge in [-0.05, 0) is 6.42 Å². The number of hydrogen-bond acceptors (Lipinski definition) is 1. The van der Waals surface area contributed by atoms with Gasteiger partial charge in [-0.15, -0.1) is 0 Å². The lowest BCUT2D eigenvalue weighted by molar-refractivity contribution is -0.117. The fourth-order valence-corrected chi connectivity index (χ4v) is 1.88. The van der Waals surface area contributed by atoms with Crippen molar-refractivity contribution in [3.63, 3.8) is 0 Å². The van der Waals surface area contributed by atoms with Gasteiger partial charge >= 0.3 is 0 Å². The van der Waals surface area contributed by atoms with Crippen LogP contribution in [0.25, 0.3) is 0 Å². The summed E-state index contributed by atoms with van der Waals surface area (Å²) in [4.78, 5) is 11.1. The first-order valence-corrected chi connectivity index (χ1v) is 4.36. The molecule has 1 spiro atoms. The number of carbonyl (C=O) groups excluding carboxylic acids is 1. The van der Waals surface area contributed by atoms with Crippen LogP contribution in [0.15, 0.2) is 36.5 Å². The number of Topliss-reactive ketones (excluding diaryl/α,β-unsaturated/α-hetero) is 1. The maximum Gasteiger partial charge on any atom is 0.134 e. The average molecular weight is 160 g/mol. The normalized spacial score (nSPS) is 25.2. The molecule has 0 aromatic rings. The van der Waals surface area contributed by atoms with E-state index >= 15 is 0 Å². The minimum atomic E-state index is 0.0561. The quantitative estimate of drug-likeness (QED) is 0.532. The Labute approximate surface area is 72.5 Å². The fourth-order valence-electron chi connectivity index (χ4n) is 1.88. The fraction of sp³-hybridized carbons (Fsp3) is 0.364. The predicted molar refractivity (Wildman–Crippen MR) is 48.7 cm³/mol. The minimum Gasteiger partial charge on any atom is -0.300 e. The topological polar surface area (TPSA) is 17.1 Å². The zero-order valence-corrected chi connectivity index (χ0v) is 6.99. The van der Waals surface area contributed by atoms with Gasteiger partial charge in [0, 0.05) is 18.3 Å².